The Morgan fingerprint density at radius 1 is 0.950 bits per heavy atom. The van der Waals surface area contributed by atoms with E-state index in [0.717, 1.165) is 6.42 Å². The first kappa shape index (κ1) is 13.2. The van der Waals surface area contributed by atoms with Gasteiger partial charge in [0.05, 0.1) is 0 Å². The van der Waals surface area contributed by atoms with Crippen LogP contribution in [0.1, 0.15) is 43.6 Å². The average Bonchev–Trinajstić information content (AvgIpc) is 2.55. The van der Waals surface area contributed by atoms with Crippen LogP contribution < -0.4 is 0 Å². The van der Waals surface area contributed by atoms with Crippen molar-refractivity contribution < 1.29 is 0 Å². The average molecular weight is 262 g/mol. The summed E-state index contributed by atoms with van der Waals surface area (Å²) in [5, 5.41) is 0. The molecule has 1 atom stereocenters. The summed E-state index contributed by atoms with van der Waals surface area (Å²) in [4.78, 5) is 0. The SMILES string of the molecule is C1=CCCC(CC(C2=CCCC=C2)c2ccccc2)=C1. The summed E-state index contributed by atoms with van der Waals surface area (Å²) in [5.41, 5.74) is 4.53. The minimum Gasteiger partial charge on any atom is -0.0842 e. The molecule has 0 fully saturated rings. The quantitative estimate of drug-likeness (QED) is 0.651. The van der Waals surface area contributed by atoms with Crippen LogP contribution in [0.5, 0.6) is 0 Å². The molecule has 1 aromatic rings. The van der Waals surface area contributed by atoms with Gasteiger partial charge in [-0.3, -0.25) is 0 Å². The van der Waals surface area contributed by atoms with E-state index in [0.29, 0.717) is 5.92 Å². The van der Waals surface area contributed by atoms with Crippen LogP contribution in [0.4, 0.5) is 0 Å². The molecule has 3 rings (SSSR count). The van der Waals surface area contributed by atoms with Gasteiger partial charge in [-0.15, -0.1) is 0 Å². The Hall–Kier alpha value is -1.82. The van der Waals surface area contributed by atoms with Crippen LogP contribution in [0.25, 0.3) is 0 Å². The van der Waals surface area contributed by atoms with Crippen LogP contribution in [0.15, 0.2) is 77.9 Å². The van der Waals surface area contributed by atoms with Crippen molar-refractivity contribution in [3.8, 4) is 0 Å². The molecule has 0 aliphatic heterocycles. The smallest absolute Gasteiger partial charge is 0.0123 e. The monoisotopic (exact) mass is 262 g/mol. The zero-order valence-corrected chi connectivity index (χ0v) is 12.0. The Morgan fingerprint density at radius 2 is 1.85 bits per heavy atom. The van der Waals surface area contributed by atoms with Crippen LogP contribution in [-0.4, -0.2) is 0 Å². The molecule has 0 N–H and O–H groups in total. The lowest BCUT2D eigenvalue weighted by molar-refractivity contribution is 0.742. The first-order valence-electron chi connectivity index (χ1n) is 7.69. The van der Waals surface area contributed by atoms with Crippen LogP contribution in [-0.2, 0) is 0 Å². The molecule has 2 aliphatic carbocycles. The normalized spacial score (nSPS) is 19.4. The minimum absolute atomic E-state index is 0.519. The van der Waals surface area contributed by atoms with Gasteiger partial charge < -0.3 is 0 Å². The maximum absolute atomic E-state index is 2.43. The van der Waals surface area contributed by atoms with E-state index in [1.807, 2.05) is 0 Å². The number of hydrogen-bond acceptors (Lipinski definition) is 0. The Bertz CT molecular complexity index is 555. The summed E-state index contributed by atoms with van der Waals surface area (Å²) in [5.74, 6) is 0.519. The zero-order chi connectivity index (χ0) is 13.6. The van der Waals surface area contributed by atoms with Crippen molar-refractivity contribution in [1.29, 1.82) is 0 Å². The molecule has 0 amide bonds. The maximum atomic E-state index is 2.43. The first-order chi connectivity index (χ1) is 9.93. The molecule has 102 valence electrons. The third-order valence-corrected chi connectivity index (χ3v) is 4.19. The fourth-order valence-corrected chi connectivity index (χ4v) is 3.09. The second-order valence-corrected chi connectivity index (χ2v) is 5.64. The standard InChI is InChI=1S/C20H22/c1-4-10-17(11-5-1)16-20(18-12-6-2-7-13-18)19-14-8-3-9-15-19/h1-2,4,6-8,10,12-15,20H,3,5,9,11,16H2. The first-order valence-corrected chi connectivity index (χ1v) is 7.69. The van der Waals surface area contributed by atoms with Crippen LogP contribution in [0.3, 0.4) is 0 Å². The fraction of sp³-hybridized carbons (Fsp3) is 0.300. The summed E-state index contributed by atoms with van der Waals surface area (Å²) in [6.07, 6.45) is 19.8. The van der Waals surface area contributed by atoms with Gasteiger partial charge in [0.25, 0.3) is 0 Å². The topological polar surface area (TPSA) is 0 Å². The van der Waals surface area contributed by atoms with Crippen molar-refractivity contribution in [2.75, 3.05) is 0 Å². The van der Waals surface area contributed by atoms with Crippen molar-refractivity contribution in [3.63, 3.8) is 0 Å². The van der Waals surface area contributed by atoms with Crippen molar-refractivity contribution in [1.82, 2.24) is 0 Å². The molecule has 0 saturated carbocycles. The van der Waals surface area contributed by atoms with Gasteiger partial charge in [-0.25, -0.2) is 0 Å². The van der Waals surface area contributed by atoms with Crippen molar-refractivity contribution in [3.05, 3.63) is 83.5 Å². The number of rotatable bonds is 4. The van der Waals surface area contributed by atoms with Crippen LogP contribution >= 0.6 is 0 Å². The van der Waals surface area contributed by atoms with Crippen molar-refractivity contribution >= 4 is 0 Å². The highest BCUT2D eigenvalue weighted by atomic mass is 14.2. The Morgan fingerprint density at radius 3 is 2.55 bits per heavy atom. The molecule has 0 heterocycles. The molecule has 1 aromatic carbocycles. The second-order valence-electron chi connectivity index (χ2n) is 5.64. The second kappa shape index (κ2) is 6.56. The van der Waals surface area contributed by atoms with E-state index in [2.05, 4.69) is 66.8 Å². The Balaban J connectivity index is 1.87. The van der Waals surface area contributed by atoms with E-state index < -0.39 is 0 Å². The predicted molar refractivity (Wildman–Crippen MR) is 86.7 cm³/mol. The maximum Gasteiger partial charge on any atom is 0.0123 e. The van der Waals surface area contributed by atoms with E-state index in [9.17, 15) is 0 Å². The lowest BCUT2D eigenvalue weighted by Gasteiger charge is -2.23. The van der Waals surface area contributed by atoms with Crippen molar-refractivity contribution in [2.24, 2.45) is 0 Å². The largest absolute Gasteiger partial charge is 0.0842 e. The van der Waals surface area contributed by atoms with Gasteiger partial charge in [0.1, 0.15) is 0 Å². The fourth-order valence-electron chi connectivity index (χ4n) is 3.09. The highest BCUT2D eigenvalue weighted by Gasteiger charge is 2.17. The Labute approximate surface area is 122 Å². The van der Waals surface area contributed by atoms with E-state index in [4.69, 9.17) is 0 Å². The highest BCUT2D eigenvalue weighted by Crippen LogP contribution is 2.35. The zero-order valence-electron chi connectivity index (χ0n) is 12.0. The van der Waals surface area contributed by atoms with Crippen LogP contribution in [0, 0.1) is 0 Å². The van der Waals surface area contributed by atoms with Crippen LogP contribution in [0.2, 0.25) is 0 Å². The molecule has 0 radical (unpaired) electrons. The molecule has 0 heteroatoms. The third-order valence-electron chi connectivity index (χ3n) is 4.19. The Kier molecular flexibility index (Phi) is 4.32. The van der Waals surface area contributed by atoms with Gasteiger partial charge in [-0.05, 0) is 43.2 Å². The highest BCUT2D eigenvalue weighted by molar-refractivity contribution is 5.38. The van der Waals surface area contributed by atoms with E-state index in [1.165, 1.54) is 36.8 Å². The van der Waals surface area contributed by atoms with Gasteiger partial charge in [0.2, 0.25) is 0 Å². The summed E-state index contributed by atoms with van der Waals surface area (Å²) >= 11 is 0. The molecule has 0 spiro atoms. The van der Waals surface area contributed by atoms with E-state index in [-0.39, 0.29) is 0 Å². The van der Waals surface area contributed by atoms with Crippen molar-refractivity contribution in [2.45, 2.75) is 38.0 Å². The minimum atomic E-state index is 0.519. The molecular weight excluding hydrogens is 240 g/mol. The molecular formula is C20H22. The number of hydrogen-bond donors (Lipinski definition) is 0. The van der Waals surface area contributed by atoms with E-state index >= 15 is 0 Å². The molecule has 2 aliphatic rings. The van der Waals surface area contributed by atoms with Gasteiger partial charge in [0, 0.05) is 5.92 Å². The van der Waals surface area contributed by atoms with E-state index in [1.54, 1.807) is 5.57 Å². The molecule has 0 saturated heterocycles. The lowest BCUT2D eigenvalue weighted by Crippen LogP contribution is -2.05. The third kappa shape index (κ3) is 3.19. The predicted octanol–water partition coefficient (Wildman–Crippen LogP) is 5.71. The number of benzene rings is 1. The lowest BCUT2D eigenvalue weighted by atomic mass is 9.82. The number of allylic oxidation sites excluding steroid dienone is 8. The van der Waals surface area contributed by atoms with Gasteiger partial charge in [-0.2, -0.15) is 0 Å². The summed E-state index contributed by atoms with van der Waals surface area (Å²) in [6.45, 7) is 0. The molecule has 1 unspecified atom stereocenters. The summed E-state index contributed by atoms with van der Waals surface area (Å²) in [7, 11) is 0. The molecule has 20 heavy (non-hydrogen) atoms. The molecule has 0 aromatic heterocycles. The summed E-state index contributed by atoms with van der Waals surface area (Å²) in [6, 6.07) is 11.0. The summed E-state index contributed by atoms with van der Waals surface area (Å²) < 4.78 is 0. The molecule has 0 bridgehead atoms. The van der Waals surface area contributed by atoms with Gasteiger partial charge in [-0.1, -0.05) is 72.4 Å². The molecule has 0 nitrogen and oxygen atoms in total. The van der Waals surface area contributed by atoms with Gasteiger partial charge in [0.15, 0.2) is 0 Å². The van der Waals surface area contributed by atoms with Gasteiger partial charge >= 0.3 is 0 Å².